The van der Waals surface area contributed by atoms with Crippen LogP contribution >= 0.6 is 0 Å². The molecule has 0 fully saturated rings. The second-order valence-electron chi connectivity index (χ2n) is 4.85. The summed E-state index contributed by atoms with van der Waals surface area (Å²) in [4.78, 5) is 11.6. The van der Waals surface area contributed by atoms with E-state index in [0.29, 0.717) is 0 Å². The van der Waals surface area contributed by atoms with Gasteiger partial charge in [0.1, 0.15) is 11.4 Å². The minimum absolute atomic E-state index is 0.0521. The molecule has 1 N–H and O–H groups in total. The van der Waals surface area contributed by atoms with Gasteiger partial charge in [-0.15, -0.1) is 0 Å². The fourth-order valence-electron chi connectivity index (χ4n) is 1.96. The monoisotopic (exact) mass is 345 g/mol. The van der Waals surface area contributed by atoms with Crippen LogP contribution in [0.1, 0.15) is 18.9 Å². The van der Waals surface area contributed by atoms with Gasteiger partial charge in [-0.25, -0.2) is 26.7 Å². The first-order chi connectivity index (χ1) is 11.3. The molecule has 0 saturated carbocycles. The summed E-state index contributed by atoms with van der Waals surface area (Å²) in [6.07, 6.45) is 0.347. The predicted octanol–water partition coefficient (Wildman–Crippen LogP) is 4.95. The van der Waals surface area contributed by atoms with Crippen LogP contribution in [0.3, 0.4) is 0 Å². The van der Waals surface area contributed by atoms with Crippen LogP contribution in [-0.2, 0) is 6.42 Å². The number of nitrogens with one attached hydrogen (secondary N) is 1. The number of benzene rings is 2. The third-order valence-electron chi connectivity index (χ3n) is 3.11. The van der Waals surface area contributed by atoms with E-state index >= 15 is 0 Å². The maximum atomic E-state index is 13.4. The zero-order valence-corrected chi connectivity index (χ0v) is 12.4. The van der Waals surface area contributed by atoms with Crippen molar-refractivity contribution in [3.63, 3.8) is 0 Å². The van der Waals surface area contributed by atoms with Gasteiger partial charge in [0, 0.05) is 0 Å². The van der Waals surface area contributed by atoms with Gasteiger partial charge in [-0.1, -0.05) is 25.5 Å². The van der Waals surface area contributed by atoms with Gasteiger partial charge in [-0.05, 0) is 24.1 Å². The van der Waals surface area contributed by atoms with Gasteiger partial charge < -0.3 is 4.74 Å². The van der Waals surface area contributed by atoms with Gasteiger partial charge in [-0.2, -0.15) is 0 Å². The highest BCUT2D eigenvalue weighted by Gasteiger charge is 2.27. The highest BCUT2D eigenvalue weighted by Crippen LogP contribution is 2.27. The average Bonchev–Trinajstić information content (AvgIpc) is 2.57. The molecular weight excluding hydrogens is 333 g/mol. The van der Waals surface area contributed by atoms with E-state index in [1.54, 1.807) is 12.1 Å². The van der Waals surface area contributed by atoms with E-state index in [1.165, 1.54) is 17.4 Å². The number of anilines is 1. The summed E-state index contributed by atoms with van der Waals surface area (Å²) in [5, 5.41) is 1.52. The molecule has 0 heterocycles. The molecule has 0 bridgehead atoms. The van der Waals surface area contributed by atoms with Crippen molar-refractivity contribution in [2.24, 2.45) is 0 Å². The molecule has 0 unspecified atom stereocenters. The number of rotatable bonds is 4. The van der Waals surface area contributed by atoms with Crippen LogP contribution in [0.2, 0.25) is 0 Å². The topological polar surface area (TPSA) is 38.3 Å². The molecule has 3 nitrogen and oxygen atoms in total. The molecule has 0 aliphatic carbocycles. The number of amides is 1. The molecule has 0 spiro atoms. The summed E-state index contributed by atoms with van der Waals surface area (Å²) in [6, 6.07) is 6.27. The van der Waals surface area contributed by atoms with E-state index < -0.39 is 40.9 Å². The molecular formula is C16H12F5NO2. The number of carbonyl (C=O) groups is 1. The van der Waals surface area contributed by atoms with Gasteiger partial charge in [0.15, 0.2) is 23.3 Å². The second kappa shape index (κ2) is 7.29. The van der Waals surface area contributed by atoms with E-state index in [2.05, 4.69) is 0 Å². The Morgan fingerprint density at radius 2 is 1.42 bits per heavy atom. The van der Waals surface area contributed by atoms with Crippen LogP contribution in [0.15, 0.2) is 24.3 Å². The van der Waals surface area contributed by atoms with E-state index in [4.69, 9.17) is 4.74 Å². The van der Waals surface area contributed by atoms with Crippen molar-refractivity contribution in [1.82, 2.24) is 0 Å². The Labute approximate surface area is 134 Å². The Bertz CT molecular complexity index is 733. The number of ether oxygens (including phenoxy) is 1. The number of halogens is 5. The molecule has 8 heteroatoms. The van der Waals surface area contributed by atoms with Crippen molar-refractivity contribution in [3.05, 3.63) is 58.9 Å². The lowest BCUT2D eigenvalue weighted by molar-refractivity contribution is 0.214. The van der Waals surface area contributed by atoms with Gasteiger partial charge in [0.2, 0.25) is 5.82 Å². The van der Waals surface area contributed by atoms with Crippen LogP contribution in [0.25, 0.3) is 0 Å². The summed E-state index contributed by atoms with van der Waals surface area (Å²) < 4.78 is 70.6. The zero-order valence-electron chi connectivity index (χ0n) is 12.4. The Hall–Kier alpha value is -2.64. The van der Waals surface area contributed by atoms with Crippen LogP contribution in [0, 0.1) is 29.1 Å². The normalized spacial score (nSPS) is 10.6. The van der Waals surface area contributed by atoms with E-state index in [-0.39, 0.29) is 5.75 Å². The van der Waals surface area contributed by atoms with Gasteiger partial charge in [-0.3, -0.25) is 5.32 Å². The van der Waals surface area contributed by atoms with E-state index in [0.717, 1.165) is 18.4 Å². The maximum absolute atomic E-state index is 13.4. The summed E-state index contributed by atoms with van der Waals surface area (Å²) in [5.74, 6) is -10.9. The molecule has 0 saturated heterocycles. The predicted molar refractivity (Wildman–Crippen MR) is 76.3 cm³/mol. The minimum Gasteiger partial charge on any atom is -0.410 e. The second-order valence-corrected chi connectivity index (χ2v) is 4.85. The van der Waals surface area contributed by atoms with Crippen LogP contribution < -0.4 is 10.1 Å². The summed E-state index contributed by atoms with van der Waals surface area (Å²) in [6.45, 7) is 1.99. The molecule has 2 aromatic carbocycles. The summed E-state index contributed by atoms with van der Waals surface area (Å²) in [7, 11) is 0. The first kappa shape index (κ1) is 17.7. The Kier molecular flexibility index (Phi) is 5.38. The summed E-state index contributed by atoms with van der Waals surface area (Å²) >= 11 is 0. The Morgan fingerprint density at radius 1 is 0.917 bits per heavy atom. The van der Waals surface area contributed by atoms with Crippen molar-refractivity contribution in [2.45, 2.75) is 19.8 Å². The lowest BCUT2D eigenvalue weighted by Gasteiger charge is -2.10. The lowest BCUT2D eigenvalue weighted by atomic mass is 10.1. The molecule has 2 rings (SSSR count). The fourth-order valence-corrected chi connectivity index (χ4v) is 1.96. The highest BCUT2D eigenvalue weighted by atomic mass is 19.2. The number of hydrogen-bond acceptors (Lipinski definition) is 2. The largest absolute Gasteiger partial charge is 0.417 e. The molecule has 2 aromatic rings. The number of hydrogen-bond donors (Lipinski definition) is 1. The first-order valence-electron chi connectivity index (χ1n) is 6.94. The highest BCUT2D eigenvalue weighted by molar-refractivity contribution is 5.86. The van der Waals surface area contributed by atoms with Crippen LogP contribution in [0.4, 0.5) is 32.4 Å². The number of aryl methyl sites for hydroxylation is 1. The zero-order chi connectivity index (χ0) is 17.9. The molecule has 128 valence electrons. The number of carbonyl (C=O) groups excluding carboxylic acids is 1. The molecule has 0 radical (unpaired) electrons. The molecule has 0 atom stereocenters. The summed E-state index contributed by atoms with van der Waals surface area (Å²) in [5.41, 5.74) is -0.482. The molecule has 1 amide bonds. The molecule has 24 heavy (non-hydrogen) atoms. The fraction of sp³-hybridized carbons (Fsp3) is 0.188. The Morgan fingerprint density at radius 3 is 1.92 bits per heavy atom. The van der Waals surface area contributed by atoms with Crippen molar-refractivity contribution >= 4 is 11.8 Å². The quantitative estimate of drug-likeness (QED) is 0.484. The lowest BCUT2D eigenvalue weighted by Crippen LogP contribution is -2.20. The van der Waals surface area contributed by atoms with Gasteiger partial charge >= 0.3 is 6.09 Å². The van der Waals surface area contributed by atoms with Crippen molar-refractivity contribution in [2.75, 3.05) is 5.32 Å². The third-order valence-corrected chi connectivity index (χ3v) is 3.11. The molecule has 0 aliphatic heterocycles. The average molecular weight is 345 g/mol. The Balaban J connectivity index is 2.15. The standard InChI is InChI=1S/C16H12F5NO2/c1-2-3-8-4-6-9(7-5-8)24-16(23)22-15-13(20)11(18)10(17)12(19)14(15)21/h4-7H,2-3H2,1H3,(H,22,23). The van der Waals surface area contributed by atoms with Crippen molar-refractivity contribution in [1.29, 1.82) is 0 Å². The van der Waals surface area contributed by atoms with Crippen molar-refractivity contribution in [3.8, 4) is 5.75 Å². The molecule has 0 aliphatic rings. The smallest absolute Gasteiger partial charge is 0.410 e. The first-order valence-corrected chi connectivity index (χ1v) is 6.94. The van der Waals surface area contributed by atoms with Crippen molar-refractivity contribution < 1.29 is 31.5 Å². The maximum Gasteiger partial charge on any atom is 0.417 e. The minimum atomic E-state index is -2.31. The van der Waals surface area contributed by atoms with Crippen LogP contribution in [-0.4, -0.2) is 6.09 Å². The van der Waals surface area contributed by atoms with E-state index in [9.17, 15) is 26.7 Å². The van der Waals surface area contributed by atoms with E-state index in [1.807, 2.05) is 6.92 Å². The molecule has 0 aromatic heterocycles. The SMILES string of the molecule is CCCc1ccc(OC(=O)Nc2c(F)c(F)c(F)c(F)c2F)cc1. The van der Waals surface area contributed by atoms with Crippen LogP contribution in [0.5, 0.6) is 5.75 Å². The van der Waals surface area contributed by atoms with Gasteiger partial charge in [0.25, 0.3) is 0 Å². The third kappa shape index (κ3) is 3.64. The van der Waals surface area contributed by atoms with Gasteiger partial charge in [0.05, 0.1) is 0 Å².